The summed E-state index contributed by atoms with van der Waals surface area (Å²) < 4.78 is 16.8. The highest BCUT2D eigenvalue weighted by Crippen LogP contribution is 2.30. The molecule has 112 valence electrons. The molecule has 0 amide bonds. The molecule has 0 aliphatic rings. The molecule has 0 aliphatic heterocycles. The largest absolute Gasteiger partial charge is 0.494 e. The standard InChI is InChI=1S/C18H22O2S/c1-14-12-17(20-10-7-11-21(3)19)13-15(2)18(14)16-8-5-4-6-9-16/h4-6,8-9,12-13H,7,10-11H2,1-3H3/t21-/m0/s1. The normalized spacial score (nSPS) is 12.1. The lowest BCUT2D eigenvalue weighted by atomic mass is 9.95. The van der Waals surface area contributed by atoms with Crippen molar-refractivity contribution in [3.63, 3.8) is 0 Å². The van der Waals surface area contributed by atoms with Gasteiger partial charge in [0.1, 0.15) is 5.75 Å². The van der Waals surface area contributed by atoms with Crippen molar-refractivity contribution in [2.75, 3.05) is 18.6 Å². The van der Waals surface area contributed by atoms with Crippen LogP contribution in [0.3, 0.4) is 0 Å². The topological polar surface area (TPSA) is 26.3 Å². The SMILES string of the molecule is Cc1cc(OCCC[S@](C)=O)cc(C)c1-c1ccccc1. The second-order valence-corrected chi connectivity index (χ2v) is 6.83. The summed E-state index contributed by atoms with van der Waals surface area (Å²) in [4.78, 5) is 0. The molecule has 1 atom stereocenters. The molecule has 0 aliphatic carbocycles. The third-order valence-electron chi connectivity index (χ3n) is 3.41. The molecular weight excluding hydrogens is 280 g/mol. The van der Waals surface area contributed by atoms with E-state index in [1.165, 1.54) is 22.3 Å². The number of hydrogen-bond donors (Lipinski definition) is 0. The summed E-state index contributed by atoms with van der Waals surface area (Å²) >= 11 is 0. The second-order valence-electron chi connectivity index (χ2n) is 5.28. The summed E-state index contributed by atoms with van der Waals surface area (Å²) in [5.41, 5.74) is 4.95. The molecule has 21 heavy (non-hydrogen) atoms. The molecule has 0 N–H and O–H groups in total. The lowest BCUT2D eigenvalue weighted by molar-refractivity contribution is 0.318. The fourth-order valence-corrected chi connectivity index (χ4v) is 3.04. The Labute approximate surface area is 129 Å². The highest BCUT2D eigenvalue weighted by molar-refractivity contribution is 7.84. The maximum Gasteiger partial charge on any atom is 0.119 e. The Kier molecular flexibility index (Phi) is 5.57. The lowest BCUT2D eigenvalue weighted by Gasteiger charge is -2.14. The molecule has 0 aromatic heterocycles. The highest BCUT2D eigenvalue weighted by Gasteiger charge is 2.08. The van der Waals surface area contributed by atoms with Gasteiger partial charge in [-0.25, -0.2) is 0 Å². The average molecular weight is 302 g/mol. The predicted octanol–water partition coefficient (Wildman–Crippen LogP) is 4.12. The average Bonchev–Trinajstić information content (AvgIpc) is 2.44. The number of hydrogen-bond acceptors (Lipinski definition) is 2. The molecule has 0 spiro atoms. The van der Waals surface area contributed by atoms with E-state index in [1.807, 2.05) is 6.07 Å². The third-order valence-corrected chi connectivity index (χ3v) is 4.28. The van der Waals surface area contributed by atoms with Gasteiger partial charge >= 0.3 is 0 Å². The minimum absolute atomic E-state index is 0.614. The number of ether oxygens (including phenoxy) is 1. The van der Waals surface area contributed by atoms with E-state index in [2.05, 4.69) is 50.2 Å². The van der Waals surface area contributed by atoms with E-state index in [0.29, 0.717) is 12.4 Å². The van der Waals surface area contributed by atoms with E-state index in [4.69, 9.17) is 4.74 Å². The zero-order valence-corrected chi connectivity index (χ0v) is 13.7. The van der Waals surface area contributed by atoms with Crippen LogP contribution in [-0.4, -0.2) is 22.8 Å². The maximum absolute atomic E-state index is 11.0. The van der Waals surface area contributed by atoms with Crippen molar-refractivity contribution >= 4 is 10.8 Å². The van der Waals surface area contributed by atoms with Crippen LogP contribution in [0.25, 0.3) is 11.1 Å². The van der Waals surface area contributed by atoms with Crippen LogP contribution in [0.4, 0.5) is 0 Å². The Hall–Kier alpha value is -1.61. The Morgan fingerprint density at radius 2 is 1.67 bits per heavy atom. The van der Waals surface area contributed by atoms with Crippen molar-refractivity contribution in [2.45, 2.75) is 20.3 Å². The Morgan fingerprint density at radius 1 is 1.05 bits per heavy atom. The lowest BCUT2D eigenvalue weighted by Crippen LogP contribution is -2.04. The molecule has 2 aromatic carbocycles. The smallest absolute Gasteiger partial charge is 0.119 e. The molecule has 0 bridgehead atoms. The van der Waals surface area contributed by atoms with Crippen molar-refractivity contribution in [3.05, 3.63) is 53.6 Å². The van der Waals surface area contributed by atoms with Crippen LogP contribution in [0.2, 0.25) is 0 Å². The summed E-state index contributed by atoms with van der Waals surface area (Å²) in [6.45, 7) is 4.84. The molecule has 0 unspecified atom stereocenters. The zero-order valence-electron chi connectivity index (χ0n) is 12.9. The van der Waals surface area contributed by atoms with Crippen LogP contribution in [0, 0.1) is 13.8 Å². The van der Waals surface area contributed by atoms with E-state index in [9.17, 15) is 4.21 Å². The Morgan fingerprint density at radius 3 is 2.24 bits per heavy atom. The second kappa shape index (κ2) is 7.41. The molecule has 2 rings (SSSR count). The summed E-state index contributed by atoms with van der Waals surface area (Å²) in [7, 11) is -0.741. The van der Waals surface area contributed by atoms with Crippen molar-refractivity contribution in [2.24, 2.45) is 0 Å². The Balaban J connectivity index is 2.12. The summed E-state index contributed by atoms with van der Waals surface area (Å²) in [6.07, 6.45) is 2.55. The van der Waals surface area contributed by atoms with Gasteiger partial charge in [0.15, 0.2) is 0 Å². The molecule has 0 fully saturated rings. The Bertz CT molecular complexity index is 597. The van der Waals surface area contributed by atoms with Crippen molar-refractivity contribution in [1.29, 1.82) is 0 Å². The molecule has 0 radical (unpaired) electrons. The van der Waals surface area contributed by atoms with E-state index in [1.54, 1.807) is 6.26 Å². The van der Waals surface area contributed by atoms with Gasteiger partial charge in [-0.1, -0.05) is 30.3 Å². The third kappa shape index (κ3) is 4.43. The number of benzene rings is 2. The van der Waals surface area contributed by atoms with E-state index in [0.717, 1.165) is 12.2 Å². The van der Waals surface area contributed by atoms with E-state index >= 15 is 0 Å². The van der Waals surface area contributed by atoms with Crippen LogP contribution in [-0.2, 0) is 10.8 Å². The number of aryl methyl sites for hydroxylation is 2. The molecule has 2 aromatic rings. The van der Waals surface area contributed by atoms with Gasteiger partial charge < -0.3 is 4.74 Å². The van der Waals surface area contributed by atoms with Gasteiger partial charge in [0, 0.05) is 22.8 Å². The predicted molar refractivity (Wildman–Crippen MR) is 90.4 cm³/mol. The summed E-state index contributed by atoms with van der Waals surface area (Å²) in [5, 5.41) is 0. The van der Waals surface area contributed by atoms with Gasteiger partial charge in [-0.05, 0) is 54.7 Å². The first-order valence-corrected chi connectivity index (χ1v) is 8.90. The van der Waals surface area contributed by atoms with Crippen LogP contribution in [0.15, 0.2) is 42.5 Å². The summed E-state index contributed by atoms with van der Waals surface area (Å²) in [6, 6.07) is 14.6. The van der Waals surface area contributed by atoms with Gasteiger partial charge in [0.05, 0.1) is 6.61 Å². The molecule has 0 saturated heterocycles. The number of rotatable bonds is 6. The first kappa shape index (κ1) is 15.8. The minimum Gasteiger partial charge on any atom is -0.494 e. The van der Waals surface area contributed by atoms with Gasteiger partial charge in [0.2, 0.25) is 0 Å². The van der Waals surface area contributed by atoms with Crippen LogP contribution in [0.1, 0.15) is 17.5 Å². The van der Waals surface area contributed by atoms with Gasteiger partial charge in [-0.3, -0.25) is 4.21 Å². The van der Waals surface area contributed by atoms with Crippen molar-refractivity contribution in [3.8, 4) is 16.9 Å². The van der Waals surface area contributed by atoms with Gasteiger partial charge in [-0.15, -0.1) is 0 Å². The molecule has 2 nitrogen and oxygen atoms in total. The van der Waals surface area contributed by atoms with E-state index in [-0.39, 0.29) is 0 Å². The van der Waals surface area contributed by atoms with Crippen LogP contribution in [0.5, 0.6) is 5.75 Å². The van der Waals surface area contributed by atoms with Gasteiger partial charge in [-0.2, -0.15) is 0 Å². The fraction of sp³-hybridized carbons (Fsp3) is 0.333. The first-order chi connectivity index (χ1) is 10.1. The molecular formula is C18H22O2S. The van der Waals surface area contributed by atoms with Crippen molar-refractivity contribution < 1.29 is 8.95 Å². The molecule has 0 heterocycles. The fourth-order valence-electron chi connectivity index (χ4n) is 2.52. The molecule has 3 heteroatoms. The monoisotopic (exact) mass is 302 g/mol. The zero-order chi connectivity index (χ0) is 15.2. The van der Waals surface area contributed by atoms with Crippen LogP contribution >= 0.6 is 0 Å². The maximum atomic E-state index is 11.0. The van der Waals surface area contributed by atoms with E-state index < -0.39 is 10.8 Å². The quantitative estimate of drug-likeness (QED) is 0.750. The van der Waals surface area contributed by atoms with Crippen molar-refractivity contribution in [1.82, 2.24) is 0 Å². The molecule has 0 saturated carbocycles. The summed E-state index contributed by atoms with van der Waals surface area (Å²) in [5.74, 6) is 1.59. The van der Waals surface area contributed by atoms with Crippen LogP contribution < -0.4 is 4.74 Å². The highest BCUT2D eigenvalue weighted by atomic mass is 32.2. The minimum atomic E-state index is -0.741. The first-order valence-electron chi connectivity index (χ1n) is 7.17. The van der Waals surface area contributed by atoms with Gasteiger partial charge in [0.25, 0.3) is 0 Å².